The predicted octanol–water partition coefficient (Wildman–Crippen LogP) is 2.75. The molecule has 2 amide bonds. The minimum atomic E-state index is -0.478. The average Bonchev–Trinajstić information content (AvgIpc) is 2.91. The number of hydrogen-bond acceptors (Lipinski definition) is 4. The summed E-state index contributed by atoms with van der Waals surface area (Å²) < 4.78 is 7.56. The number of aryl methyl sites for hydroxylation is 1. The maximum absolute atomic E-state index is 12.4. The van der Waals surface area contributed by atoms with Gasteiger partial charge in [0.2, 0.25) is 0 Å². The summed E-state index contributed by atoms with van der Waals surface area (Å²) in [6.07, 6.45) is 1.61. The van der Waals surface area contributed by atoms with Crippen LogP contribution in [-0.2, 0) is 9.59 Å². The number of aromatic nitrogens is 1. The Bertz CT molecular complexity index is 958. The molecule has 1 aromatic carbocycles. The number of rotatable bonds is 4. The minimum absolute atomic E-state index is 0.0676. The van der Waals surface area contributed by atoms with E-state index in [0.717, 1.165) is 28.4 Å². The quantitative estimate of drug-likeness (QED) is 0.501. The maximum atomic E-state index is 12.4. The molecule has 0 radical (unpaired) electrons. The van der Waals surface area contributed by atoms with Crippen LogP contribution in [0.4, 0.5) is 0 Å². The minimum Gasteiger partial charge on any atom is -0.494 e. The number of amides is 2. The van der Waals surface area contributed by atoms with Gasteiger partial charge in [-0.25, -0.2) is 0 Å². The van der Waals surface area contributed by atoms with Gasteiger partial charge >= 0.3 is 0 Å². The zero-order valence-corrected chi connectivity index (χ0v) is 16.5. The maximum Gasteiger partial charge on any atom is 0.265 e. The Hall–Kier alpha value is -2.93. The summed E-state index contributed by atoms with van der Waals surface area (Å²) in [5.74, 6) is -0.0712. The lowest BCUT2D eigenvalue weighted by molar-refractivity contribution is -0.128. The summed E-state index contributed by atoms with van der Waals surface area (Å²) in [4.78, 5) is 25.9. The second-order valence-electron chi connectivity index (χ2n) is 6.27. The molecule has 2 heterocycles. The van der Waals surface area contributed by atoms with Crippen molar-refractivity contribution < 1.29 is 14.3 Å². The number of benzene rings is 1. The van der Waals surface area contributed by atoms with Crippen LogP contribution >= 0.6 is 12.2 Å². The van der Waals surface area contributed by atoms with Crippen LogP contribution in [0.5, 0.6) is 5.75 Å². The Kier molecular flexibility index (Phi) is 5.14. The summed E-state index contributed by atoms with van der Waals surface area (Å²) in [5.41, 5.74) is 3.78. The highest BCUT2D eigenvalue weighted by Gasteiger charge is 2.31. The summed E-state index contributed by atoms with van der Waals surface area (Å²) in [6.45, 7) is 6.50. The summed E-state index contributed by atoms with van der Waals surface area (Å²) >= 11 is 4.98. The van der Waals surface area contributed by atoms with Gasteiger partial charge in [-0.3, -0.25) is 19.8 Å². The molecule has 6 nitrogen and oxygen atoms in total. The van der Waals surface area contributed by atoms with Crippen molar-refractivity contribution in [2.45, 2.75) is 20.8 Å². The third-order valence-corrected chi connectivity index (χ3v) is 4.86. The number of nitrogens with one attached hydrogen (secondary N) is 1. The monoisotopic (exact) mass is 383 g/mol. The van der Waals surface area contributed by atoms with Crippen LogP contribution in [-0.4, -0.2) is 40.0 Å². The van der Waals surface area contributed by atoms with Crippen LogP contribution in [0, 0.1) is 13.8 Å². The third kappa shape index (κ3) is 3.50. The number of nitrogens with zero attached hydrogens (tertiary/aromatic N) is 2. The van der Waals surface area contributed by atoms with E-state index in [-0.39, 0.29) is 10.7 Å². The molecule has 140 valence electrons. The SMILES string of the molecule is CCOc1ccc(-n2c(C)cc(/C=C3\C(=O)NC(=S)N(C)C3=O)c2C)cc1. The van der Waals surface area contributed by atoms with Gasteiger partial charge in [0.25, 0.3) is 11.8 Å². The number of likely N-dealkylation sites (N-methyl/N-ethyl adjacent to an activating group) is 1. The van der Waals surface area contributed by atoms with E-state index in [1.807, 2.05) is 51.1 Å². The van der Waals surface area contributed by atoms with Crippen LogP contribution in [0.1, 0.15) is 23.9 Å². The summed E-state index contributed by atoms with van der Waals surface area (Å²) in [7, 11) is 1.54. The Labute approximate surface area is 163 Å². The van der Waals surface area contributed by atoms with E-state index in [0.29, 0.717) is 6.61 Å². The second kappa shape index (κ2) is 7.36. The molecule has 7 heteroatoms. The number of carbonyl (C=O) groups is 2. The van der Waals surface area contributed by atoms with Crippen molar-refractivity contribution in [3.8, 4) is 11.4 Å². The van der Waals surface area contributed by atoms with Crippen molar-refractivity contribution in [3.63, 3.8) is 0 Å². The van der Waals surface area contributed by atoms with E-state index in [1.165, 1.54) is 4.90 Å². The zero-order valence-electron chi connectivity index (χ0n) is 15.7. The molecule has 1 aliphatic rings. The first-order valence-corrected chi connectivity index (χ1v) is 9.01. The lowest BCUT2D eigenvalue weighted by Crippen LogP contribution is -2.52. The van der Waals surface area contributed by atoms with Crippen LogP contribution in [0.25, 0.3) is 11.8 Å². The average molecular weight is 383 g/mol. The Balaban J connectivity index is 2.00. The van der Waals surface area contributed by atoms with Gasteiger partial charge in [-0.05, 0) is 75.0 Å². The van der Waals surface area contributed by atoms with E-state index in [4.69, 9.17) is 17.0 Å². The number of hydrogen-bond donors (Lipinski definition) is 1. The Morgan fingerprint density at radius 2 is 1.85 bits per heavy atom. The Morgan fingerprint density at radius 1 is 1.19 bits per heavy atom. The normalized spacial score (nSPS) is 16.1. The molecule has 3 rings (SSSR count). The van der Waals surface area contributed by atoms with Gasteiger partial charge in [0, 0.05) is 24.1 Å². The predicted molar refractivity (Wildman–Crippen MR) is 108 cm³/mol. The molecule has 1 N–H and O–H groups in total. The zero-order chi connectivity index (χ0) is 19.7. The third-order valence-electron chi connectivity index (χ3n) is 4.48. The first-order chi connectivity index (χ1) is 12.8. The highest BCUT2D eigenvalue weighted by molar-refractivity contribution is 7.80. The fraction of sp³-hybridized carbons (Fsp3) is 0.250. The molecule has 1 saturated heterocycles. The van der Waals surface area contributed by atoms with Crippen molar-refractivity contribution in [1.82, 2.24) is 14.8 Å². The second-order valence-corrected chi connectivity index (χ2v) is 6.66. The summed E-state index contributed by atoms with van der Waals surface area (Å²) in [5, 5.41) is 2.64. The summed E-state index contributed by atoms with van der Waals surface area (Å²) in [6, 6.07) is 9.75. The highest BCUT2D eigenvalue weighted by atomic mass is 32.1. The molecule has 1 aromatic heterocycles. The van der Waals surface area contributed by atoms with E-state index in [2.05, 4.69) is 9.88 Å². The molecule has 0 saturated carbocycles. The van der Waals surface area contributed by atoms with Gasteiger partial charge in [0.15, 0.2) is 5.11 Å². The van der Waals surface area contributed by atoms with E-state index in [1.54, 1.807) is 13.1 Å². The van der Waals surface area contributed by atoms with E-state index >= 15 is 0 Å². The molecule has 0 aliphatic carbocycles. The molecule has 0 bridgehead atoms. The Morgan fingerprint density at radius 3 is 2.48 bits per heavy atom. The fourth-order valence-corrected chi connectivity index (χ4v) is 3.27. The van der Waals surface area contributed by atoms with Crippen molar-refractivity contribution in [2.75, 3.05) is 13.7 Å². The molecular weight excluding hydrogens is 362 g/mol. The van der Waals surface area contributed by atoms with Crippen LogP contribution in [0.2, 0.25) is 0 Å². The first kappa shape index (κ1) is 18.8. The van der Waals surface area contributed by atoms with Crippen molar-refractivity contribution in [1.29, 1.82) is 0 Å². The first-order valence-electron chi connectivity index (χ1n) is 8.60. The number of ether oxygens (including phenoxy) is 1. The molecule has 0 unspecified atom stereocenters. The van der Waals surface area contributed by atoms with Gasteiger partial charge in [0.1, 0.15) is 11.3 Å². The smallest absolute Gasteiger partial charge is 0.265 e. The lowest BCUT2D eigenvalue weighted by Gasteiger charge is -2.25. The van der Waals surface area contributed by atoms with Crippen LogP contribution in [0.3, 0.4) is 0 Å². The lowest BCUT2D eigenvalue weighted by atomic mass is 10.1. The largest absolute Gasteiger partial charge is 0.494 e. The van der Waals surface area contributed by atoms with Crippen LogP contribution in [0.15, 0.2) is 35.9 Å². The number of thiocarbonyl (C=S) groups is 1. The molecular formula is C20H21N3O3S. The van der Waals surface area contributed by atoms with Crippen LogP contribution < -0.4 is 10.1 Å². The molecule has 1 aliphatic heterocycles. The molecule has 27 heavy (non-hydrogen) atoms. The van der Waals surface area contributed by atoms with Gasteiger partial charge < -0.3 is 9.30 Å². The van der Waals surface area contributed by atoms with Gasteiger partial charge in [-0.2, -0.15) is 0 Å². The van der Waals surface area contributed by atoms with E-state index < -0.39 is 11.8 Å². The standard InChI is InChI=1S/C20H21N3O3S/c1-5-26-16-8-6-15(7-9-16)23-12(2)10-14(13(23)3)11-17-18(24)21-20(27)22(4)19(17)25/h6-11H,5H2,1-4H3,(H,21,24,27)/b17-11+. The molecule has 0 atom stereocenters. The van der Waals surface area contributed by atoms with Gasteiger partial charge in [-0.1, -0.05) is 0 Å². The topological polar surface area (TPSA) is 63.6 Å². The molecule has 1 fully saturated rings. The highest BCUT2D eigenvalue weighted by Crippen LogP contribution is 2.25. The fourth-order valence-electron chi connectivity index (χ4n) is 3.09. The van der Waals surface area contributed by atoms with Crippen molar-refractivity contribution in [2.24, 2.45) is 0 Å². The number of carbonyl (C=O) groups excluding carboxylic acids is 2. The van der Waals surface area contributed by atoms with Gasteiger partial charge in [0.05, 0.1) is 6.61 Å². The van der Waals surface area contributed by atoms with Crippen molar-refractivity contribution >= 4 is 35.2 Å². The van der Waals surface area contributed by atoms with Gasteiger partial charge in [-0.15, -0.1) is 0 Å². The molecule has 0 spiro atoms. The molecule has 2 aromatic rings. The van der Waals surface area contributed by atoms with E-state index in [9.17, 15) is 9.59 Å². The van der Waals surface area contributed by atoms with Crippen molar-refractivity contribution in [3.05, 3.63) is 52.9 Å².